The Bertz CT molecular complexity index is 3510. The number of fused-ring (bicyclic) bond motifs is 9. The first-order chi connectivity index (χ1) is 28.3. The summed E-state index contributed by atoms with van der Waals surface area (Å²) in [5, 5.41) is 7.66. The lowest BCUT2D eigenvalue weighted by Crippen LogP contribution is -1.94. The highest BCUT2D eigenvalue weighted by Gasteiger charge is 2.17. The summed E-state index contributed by atoms with van der Waals surface area (Å²) in [6, 6.07) is 75.6. The Morgan fingerprint density at radius 1 is 0.263 bits per heavy atom. The number of benzene rings is 9. The number of thiophene rings is 1. The highest BCUT2D eigenvalue weighted by molar-refractivity contribution is 7.25. The van der Waals surface area contributed by atoms with Gasteiger partial charge in [-0.1, -0.05) is 133 Å². The van der Waals surface area contributed by atoms with E-state index in [1.165, 1.54) is 103 Å². The summed E-state index contributed by atoms with van der Waals surface area (Å²) < 4.78 is 7.49. The summed E-state index contributed by atoms with van der Waals surface area (Å²) >= 11 is 1.86. The number of rotatable bonds is 5. The van der Waals surface area contributed by atoms with E-state index >= 15 is 0 Å². The second-order valence-corrected chi connectivity index (χ2v) is 16.0. The smallest absolute Gasteiger partial charge is 0.0541 e. The van der Waals surface area contributed by atoms with E-state index < -0.39 is 0 Å². The van der Waals surface area contributed by atoms with Crippen molar-refractivity contribution in [2.24, 2.45) is 0 Å². The molecule has 0 radical (unpaired) electrons. The van der Waals surface area contributed by atoms with Crippen LogP contribution in [-0.4, -0.2) is 9.13 Å². The summed E-state index contributed by atoms with van der Waals surface area (Å²) in [5.74, 6) is 0. The molecule has 3 aromatic heterocycles. The average Bonchev–Trinajstić information content (AvgIpc) is 3.94. The van der Waals surface area contributed by atoms with Gasteiger partial charge in [-0.15, -0.1) is 11.3 Å². The van der Waals surface area contributed by atoms with Gasteiger partial charge in [0.1, 0.15) is 0 Å². The van der Waals surface area contributed by atoms with Gasteiger partial charge in [0.2, 0.25) is 0 Å². The van der Waals surface area contributed by atoms with Crippen LogP contribution in [-0.2, 0) is 0 Å². The Morgan fingerprint density at radius 2 is 0.719 bits per heavy atom. The Morgan fingerprint density at radius 3 is 1.37 bits per heavy atom. The second-order valence-electron chi connectivity index (χ2n) is 14.9. The molecule has 0 fully saturated rings. The van der Waals surface area contributed by atoms with E-state index in [-0.39, 0.29) is 0 Å². The summed E-state index contributed by atoms with van der Waals surface area (Å²) in [7, 11) is 0. The third kappa shape index (κ3) is 5.03. The molecule has 3 heteroatoms. The van der Waals surface area contributed by atoms with E-state index in [0.717, 1.165) is 5.69 Å². The van der Waals surface area contributed by atoms with E-state index in [2.05, 4.69) is 215 Å². The molecule has 0 saturated heterocycles. The summed E-state index contributed by atoms with van der Waals surface area (Å²) in [6.07, 6.45) is 0. The fourth-order valence-corrected chi connectivity index (χ4v) is 10.2. The maximum atomic E-state index is 2.43. The van der Waals surface area contributed by atoms with Crippen molar-refractivity contribution < 1.29 is 0 Å². The molecule has 57 heavy (non-hydrogen) atoms. The van der Waals surface area contributed by atoms with Crippen molar-refractivity contribution in [1.29, 1.82) is 0 Å². The van der Waals surface area contributed by atoms with Gasteiger partial charge in [0.25, 0.3) is 0 Å². The first-order valence-electron chi connectivity index (χ1n) is 19.5. The Hall–Kier alpha value is -7.20. The van der Waals surface area contributed by atoms with E-state index in [4.69, 9.17) is 0 Å². The zero-order valence-electron chi connectivity index (χ0n) is 30.9. The lowest BCUT2D eigenvalue weighted by molar-refractivity contribution is 1.18. The average molecular weight is 743 g/mol. The zero-order valence-corrected chi connectivity index (χ0v) is 31.7. The molecule has 0 spiro atoms. The molecule has 0 unspecified atom stereocenters. The highest BCUT2D eigenvalue weighted by Crippen LogP contribution is 2.41. The molecule has 2 nitrogen and oxygen atoms in total. The molecule has 0 bridgehead atoms. The Labute approximate surface area is 333 Å². The monoisotopic (exact) mass is 742 g/mol. The molecule has 3 heterocycles. The van der Waals surface area contributed by atoms with Crippen molar-refractivity contribution in [3.8, 4) is 44.8 Å². The quantitative estimate of drug-likeness (QED) is 0.166. The maximum absolute atomic E-state index is 2.43. The van der Waals surface area contributed by atoms with Crippen LogP contribution >= 0.6 is 11.3 Å². The van der Waals surface area contributed by atoms with Crippen LogP contribution in [0.25, 0.3) is 109 Å². The lowest BCUT2D eigenvalue weighted by atomic mass is 9.94. The predicted molar refractivity (Wildman–Crippen MR) is 244 cm³/mol. The second kappa shape index (κ2) is 12.7. The van der Waals surface area contributed by atoms with Gasteiger partial charge in [-0.25, -0.2) is 0 Å². The molecular weight excluding hydrogens is 709 g/mol. The number of hydrogen-bond donors (Lipinski definition) is 0. The van der Waals surface area contributed by atoms with Gasteiger partial charge < -0.3 is 9.13 Å². The van der Waals surface area contributed by atoms with Crippen LogP contribution in [0.15, 0.2) is 206 Å². The molecule has 12 rings (SSSR count). The van der Waals surface area contributed by atoms with Crippen molar-refractivity contribution >= 4 is 75.1 Å². The first-order valence-corrected chi connectivity index (χ1v) is 20.3. The van der Waals surface area contributed by atoms with E-state index in [0.29, 0.717) is 0 Å². The molecule has 9 aromatic carbocycles. The molecule has 0 aliphatic heterocycles. The van der Waals surface area contributed by atoms with Gasteiger partial charge in [-0.2, -0.15) is 0 Å². The first kappa shape index (κ1) is 32.1. The molecule has 0 aliphatic rings. The minimum Gasteiger partial charge on any atom is -0.309 e. The lowest BCUT2D eigenvalue weighted by Gasteiger charge is -2.12. The SMILES string of the molecule is c1ccc(-c2ccccc2-c2ccc(-n3c4ccccc4c4cc(-c5ccc6c(c5)c5ccccc5n6-c5ccc6sc7ccccc7c6c5)ccc43)cc2)cc1. The minimum atomic E-state index is 1.15. The van der Waals surface area contributed by atoms with Gasteiger partial charge in [0, 0.05) is 53.1 Å². The van der Waals surface area contributed by atoms with Gasteiger partial charge in [-0.3, -0.25) is 0 Å². The van der Waals surface area contributed by atoms with Crippen molar-refractivity contribution in [2.75, 3.05) is 0 Å². The van der Waals surface area contributed by atoms with E-state index in [1.54, 1.807) is 0 Å². The highest BCUT2D eigenvalue weighted by atomic mass is 32.1. The van der Waals surface area contributed by atoms with Crippen molar-refractivity contribution in [1.82, 2.24) is 9.13 Å². The molecule has 0 saturated carbocycles. The maximum Gasteiger partial charge on any atom is 0.0541 e. The number of para-hydroxylation sites is 2. The fraction of sp³-hybridized carbons (Fsp3) is 0. The molecular formula is C54H34N2S. The van der Waals surface area contributed by atoms with Crippen LogP contribution in [0, 0.1) is 0 Å². The topological polar surface area (TPSA) is 9.86 Å². The molecule has 0 atom stereocenters. The van der Waals surface area contributed by atoms with Crippen LogP contribution < -0.4 is 0 Å². The minimum absolute atomic E-state index is 1.15. The van der Waals surface area contributed by atoms with Gasteiger partial charge in [0.05, 0.1) is 22.1 Å². The van der Waals surface area contributed by atoms with E-state index in [1.807, 2.05) is 11.3 Å². The number of nitrogens with zero attached hydrogens (tertiary/aromatic N) is 2. The normalized spacial score (nSPS) is 11.9. The molecule has 266 valence electrons. The molecule has 12 aromatic rings. The van der Waals surface area contributed by atoms with Crippen LogP contribution in [0.3, 0.4) is 0 Å². The predicted octanol–water partition coefficient (Wildman–Crippen LogP) is 15.2. The number of aromatic nitrogens is 2. The number of hydrogen-bond acceptors (Lipinski definition) is 1. The summed E-state index contributed by atoms with van der Waals surface area (Å²) in [4.78, 5) is 0. The van der Waals surface area contributed by atoms with Gasteiger partial charge in [0.15, 0.2) is 0 Å². The van der Waals surface area contributed by atoms with Crippen LogP contribution in [0.5, 0.6) is 0 Å². The van der Waals surface area contributed by atoms with Crippen LogP contribution in [0.4, 0.5) is 0 Å². The standard InChI is InChI=1S/C54H34N2S/c1-2-12-35(13-3-1)41-14-4-5-15-42(41)36-22-26-39(27-23-36)55-49-19-9-6-16-43(49)46-32-37(24-29-51(46)55)38-25-30-52-47(33-38)44-17-7-10-20-50(44)56(52)40-28-31-54-48(34-40)45-18-8-11-21-53(45)57-54/h1-34H. The molecule has 0 aliphatic carbocycles. The fourth-order valence-electron chi connectivity index (χ4n) is 9.11. The van der Waals surface area contributed by atoms with Crippen molar-refractivity contribution in [3.05, 3.63) is 206 Å². The molecule has 0 N–H and O–H groups in total. The summed E-state index contributed by atoms with van der Waals surface area (Å²) in [6.45, 7) is 0. The molecule has 0 amide bonds. The third-order valence-electron chi connectivity index (χ3n) is 11.7. The van der Waals surface area contributed by atoms with Gasteiger partial charge in [-0.05, 0) is 106 Å². The van der Waals surface area contributed by atoms with Gasteiger partial charge >= 0.3 is 0 Å². The van der Waals surface area contributed by atoms with Crippen LogP contribution in [0.1, 0.15) is 0 Å². The summed E-state index contributed by atoms with van der Waals surface area (Å²) in [5.41, 5.74) is 14.5. The van der Waals surface area contributed by atoms with Crippen LogP contribution in [0.2, 0.25) is 0 Å². The van der Waals surface area contributed by atoms with E-state index in [9.17, 15) is 0 Å². The largest absolute Gasteiger partial charge is 0.309 e. The Balaban J connectivity index is 0.967. The third-order valence-corrected chi connectivity index (χ3v) is 12.9. The zero-order chi connectivity index (χ0) is 37.5. The Kier molecular flexibility index (Phi) is 7.13. The van der Waals surface area contributed by atoms with Crippen molar-refractivity contribution in [2.45, 2.75) is 0 Å². The van der Waals surface area contributed by atoms with Crippen molar-refractivity contribution in [3.63, 3.8) is 0 Å².